The van der Waals surface area contributed by atoms with Gasteiger partial charge in [0.05, 0.1) is 47.1 Å². The van der Waals surface area contributed by atoms with E-state index in [1.54, 1.807) is 41.0 Å². The van der Waals surface area contributed by atoms with Crippen LogP contribution in [0.1, 0.15) is 114 Å². The molecule has 4 N–H and O–H groups in total. The molecule has 69 heavy (non-hydrogen) atoms. The predicted octanol–water partition coefficient (Wildman–Crippen LogP) is 6.13. The van der Waals surface area contributed by atoms with Crippen molar-refractivity contribution in [2.24, 2.45) is 29.6 Å². The zero-order valence-corrected chi connectivity index (χ0v) is 43.9. The van der Waals surface area contributed by atoms with Crippen LogP contribution in [0.15, 0.2) is 36.5 Å². The van der Waals surface area contributed by atoms with Gasteiger partial charge in [-0.1, -0.05) is 52.8 Å². The maximum absolute atomic E-state index is 14.9. The summed E-state index contributed by atoms with van der Waals surface area (Å²) >= 11 is 0. The van der Waals surface area contributed by atoms with E-state index in [2.05, 4.69) is 15.8 Å². The summed E-state index contributed by atoms with van der Waals surface area (Å²) in [6.45, 7) is 20.3. The van der Waals surface area contributed by atoms with Crippen molar-refractivity contribution in [2.45, 2.75) is 193 Å². The number of amides is 1. The van der Waals surface area contributed by atoms with E-state index < -0.39 is 108 Å². The summed E-state index contributed by atoms with van der Waals surface area (Å²) in [5.41, 5.74) is 3.94. The van der Waals surface area contributed by atoms with Gasteiger partial charge in [-0.2, -0.15) is 0 Å². The third kappa shape index (κ3) is 12.8. The van der Waals surface area contributed by atoms with Crippen LogP contribution in [0.3, 0.4) is 0 Å². The van der Waals surface area contributed by atoms with Gasteiger partial charge in [-0.15, -0.1) is 0 Å². The second-order valence-corrected chi connectivity index (χ2v) is 21.0. The molecular formula is C52H84N4O13. The minimum Gasteiger partial charge on any atom is -0.458 e. The number of nitrogens with zero attached hydrogens (tertiary/aromatic N) is 2. The number of aliphatic hydroxyl groups is 2. The first-order chi connectivity index (χ1) is 32.4. The first-order valence-electron chi connectivity index (χ1n) is 25.0. The number of fused-ring (bicyclic) bond motifs is 1. The lowest BCUT2D eigenvalue weighted by Gasteiger charge is -2.50. The van der Waals surface area contributed by atoms with Crippen molar-refractivity contribution in [3.8, 4) is 0 Å². The molecule has 0 bridgehead atoms. The Morgan fingerprint density at radius 2 is 1.59 bits per heavy atom. The Hall–Kier alpha value is -3.36. The molecule has 390 valence electrons. The molecule has 18 atom stereocenters. The number of para-hydroxylation sites is 1. The fourth-order valence-electron chi connectivity index (χ4n) is 11.0. The molecule has 1 aromatic heterocycles. The SMILES string of the molecule is CC[C@H]1OC(=O)[C@H](C)C(OC2C[C@@](C)(OC)[C@@H](O)[C@H](C)O2)[C@H](C)[C@@H](O[C@@H]2O[C@H](C)C[C@H](N(C)C)[C@H]2O)[C@](C)(OC)C[C@@H](C)C(=O)[C@H](C)[C@@H](C)[C@]1(C)OC(=O)NNCCCc1ccnc2ccccc12. The number of benzene rings is 1. The Balaban J connectivity index is 1.49. The van der Waals surface area contributed by atoms with E-state index in [1.165, 1.54) is 7.11 Å². The first kappa shape index (κ1) is 56.6. The summed E-state index contributed by atoms with van der Waals surface area (Å²) in [5, 5.41) is 24.0. The highest BCUT2D eigenvalue weighted by atomic mass is 16.7. The molecule has 0 aliphatic carbocycles. The molecule has 3 aliphatic heterocycles. The number of cyclic esters (lactones) is 1. The smallest absolute Gasteiger partial charge is 0.422 e. The Kier molecular flexibility index (Phi) is 19.6. The maximum atomic E-state index is 14.9. The van der Waals surface area contributed by atoms with Gasteiger partial charge in [0.25, 0.3) is 0 Å². The lowest BCUT2D eigenvalue weighted by molar-refractivity contribution is -0.319. The number of aliphatic hydroxyl groups excluding tert-OH is 2. The number of esters is 1. The topological polar surface area (TPSA) is 206 Å². The van der Waals surface area contributed by atoms with Gasteiger partial charge in [0.15, 0.2) is 18.2 Å². The standard InChI is InChI=1S/C52H84N4O13/c1-16-40-52(11,69-49(61)55-54-24-19-20-36-23-25-53-38-22-18-17-21-37(36)38)34(7)31(4)42(57)29(2)27-51(10,63-15)46(68-48-43(58)39(56(12)13)26-30(3)64-48)32(5)44(33(6)47(60)66-40)67-41-28-50(9,62-14)45(59)35(8)65-41/h17-18,21-23,25,29-35,39-41,43-46,48,54,58-59H,16,19-20,24,26-28H2,1-15H3,(H,55,61)/t29-,30-,31-,32+,33-,34-,35+,39+,40-,41?,43-,44?,45+,46-,48+,50-,51-,52+/m1/s1. The number of hydrogen-bond donors (Lipinski definition) is 4. The largest absolute Gasteiger partial charge is 0.458 e. The number of rotatable bonds is 14. The van der Waals surface area contributed by atoms with Crippen LogP contribution in [0.4, 0.5) is 4.79 Å². The number of pyridine rings is 1. The number of hydrogen-bond acceptors (Lipinski definition) is 16. The van der Waals surface area contributed by atoms with Crippen LogP contribution in [0.5, 0.6) is 0 Å². The molecule has 2 unspecified atom stereocenters. The number of aromatic nitrogens is 1. The van der Waals surface area contributed by atoms with Crippen molar-refractivity contribution in [3.63, 3.8) is 0 Å². The number of carbonyl (C=O) groups is 3. The number of carbonyl (C=O) groups excluding carboxylic acids is 3. The molecule has 3 fully saturated rings. The van der Waals surface area contributed by atoms with E-state index in [-0.39, 0.29) is 37.2 Å². The second kappa shape index (κ2) is 23.9. The van der Waals surface area contributed by atoms with Crippen LogP contribution < -0.4 is 10.9 Å². The summed E-state index contributed by atoms with van der Waals surface area (Å²) in [6.07, 6.45) is -4.54. The third-order valence-electron chi connectivity index (χ3n) is 15.8. The van der Waals surface area contributed by atoms with Gasteiger partial charge < -0.3 is 53.0 Å². The molecule has 4 heterocycles. The average Bonchev–Trinajstić information content (AvgIpc) is 3.32. The van der Waals surface area contributed by atoms with Crippen molar-refractivity contribution in [1.82, 2.24) is 20.7 Å². The summed E-state index contributed by atoms with van der Waals surface area (Å²) in [5.74, 6) is -4.50. The molecule has 17 heteroatoms. The van der Waals surface area contributed by atoms with Crippen molar-refractivity contribution in [3.05, 3.63) is 42.1 Å². The van der Waals surface area contributed by atoms with Gasteiger partial charge in [-0.25, -0.2) is 10.2 Å². The Labute approximate surface area is 410 Å². The number of likely N-dealkylation sites (N-methyl/N-ethyl adjacent to an activating group) is 1. The fraction of sp³-hybridized carbons (Fsp3) is 0.769. The van der Waals surface area contributed by atoms with E-state index in [9.17, 15) is 24.6 Å². The van der Waals surface area contributed by atoms with Crippen molar-refractivity contribution < 1.29 is 62.5 Å². The number of nitrogens with one attached hydrogen (secondary N) is 2. The highest BCUT2D eigenvalue weighted by Gasteiger charge is 2.55. The maximum Gasteiger partial charge on any atom is 0.422 e. The summed E-state index contributed by atoms with van der Waals surface area (Å²) < 4.78 is 51.5. The van der Waals surface area contributed by atoms with Crippen LogP contribution in [-0.4, -0.2) is 151 Å². The van der Waals surface area contributed by atoms with Crippen molar-refractivity contribution >= 4 is 28.7 Å². The van der Waals surface area contributed by atoms with E-state index in [0.717, 1.165) is 22.9 Å². The Morgan fingerprint density at radius 3 is 2.25 bits per heavy atom. The minimum absolute atomic E-state index is 0.119. The summed E-state index contributed by atoms with van der Waals surface area (Å²) in [6, 6.07) is 9.67. The van der Waals surface area contributed by atoms with E-state index in [1.807, 2.05) is 97.8 Å². The van der Waals surface area contributed by atoms with Gasteiger partial charge in [-0.05, 0) is 105 Å². The monoisotopic (exact) mass is 973 g/mol. The van der Waals surface area contributed by atoms with Gasteiger partial charge in [0.1, 0.15) is 24.1 Å². The predicted molar refractivity (Wildman–Crippen MR) is 260 cm³/mol. The molecule has 0 radical (unpaired) electrons. The molecule has 17 nitrogen and oxygen atoms in total. The molecule has 3 aliphatic rings. The highest BCUT2D eigenvalue weighted by molar-refractivity contribution is 5.83. The Morgan fingerprint density at radius 1 is 0.913 bits per heavy atom. The molecule has 0 spiro atoms. The quantitative estimate of drug-likeness (QED) is 0.0954. The average molecular weight is 973 g/mol. The molecule has 5 rings (SSSR count). The number of aryl methyl sites for hydroxylation is 1. The molecule has 1 aromatic carbocycles. The Bertz CT molecular complexity index is 2010. The van der Waals surface area contributed by atoms with Crippen LogP contribution >= 0.6 is 0 Å². The molecular weight excluding hydrogens is 889 g/mol. The van der Waals surface area contributed by atoms with E-state index in [4.69, 9.17) is 37.9 Å². The fourth-order valence-corrected chi connectivity index (χ4v) is 11.0. The van der Waals surface area contributed by atoms with Crippen molar-refractivity contribution in [2.75, 3.05) is 34.9 Å². The van der Waals surface area contributed by atoms with Gasteiger partial charge in [0, 0.05) is 68.5 Å². The van der Waals surface area contributed by atoms with Crippen LogP contribution in [-0.2, 0) is 53.9 Å². The van der Waals surface area contributed by atoms with Crippen molar-refractivity contribution in [1.29, 1.82) is 0 Å². The molecule has 2 aromatic rings. The molecule has 1 amide bonds. The van der Waals surface area contributed by atoms with Gasteiger partial charge in [-0.3, -0.25) is 20.0 Å². The van der Waals surface area contributed by atoms with Crippen LogP contribution in [0.2, 0.25) is 0 Å². The second-order valence-electron chi connectivity index (χ2n) is 21.0. The van der Waals surface area contributed by atoms with Crippen LogP contribution in [0.25, 0.3) is 10.9 Å². The zero-order chi connectivity index (χ0) is 51.2. The molecule has 3 saturated heterocycles. The molecule has 0 saturated carbocycles. The number of methoxy groups -OCH3 is 2. The lowest BCUT2D eigenvalue weighted by atomic mass is 9.71. The van der Waals surface area contributed by atoms with Gasteiger partial charge >= 0.3 is 12.1 Å². The summed E-state index contributed by atoms with van der Waals surface area (Å²) in [7, 11) is 6.86. The van der Waals surface area contributed by atoms with Gasteiger partial charge in [0.2, 0.25) is 0 Å². The van der Waals surface area contributed by atoms with E-state index >= 15 is 0 Å². The number of Topliss-reactive ketones (excluding diaryl/α,β-unsaturated/α-hetero) is 1. The highest BCUT2D eigenvalue weighted by Crippen LogP contribution is 2.43. The summed E-state index contributed by atoms with van der Waals surface area (Å²) in [4.78, 5) is 49.9. The van der Waals surface area contributed by atoms with Crippen LogP contribution in [0, 0.1) is 29.6 Å². The zero-order valence-electron chi connectivity index (χ0n) is 43.9. The first-order valence-corrected chi connectivity index (χ1v) is 25.0. The minimum atomic E-state index is -1.50. The number of ether oxygens (including phenoxy) is 8. The van der Waals surface area contributed by atoms with E-state index in [0.29, 0.717) is 19.4 Å². The number of hydrazine groups is 1. The lowest BCUT2D eigenvalue weighted by Crippen LogP contribution is -2.61. The normalized spacial score (nSPS) is 39.7. The third-order valence-corrected chi connectivity index (χ3v) is 15.8. The number of ketones is 1.